The van der Waals surface area contributed by atoms with Crippen LogP contribution in [0, 0.1) is 5.92 Å². The zero-order valence-electron chi connectivity index (χ0n) is 11.6. The first-order valence-electron chi connectivity index (χ1n) is 6.67. The number of carbonyl (C=O) groups is 1. The second kappa shape index (κ2) is 5.95. The first-order valence-corrected chi connectivity index (χ1v) is 7.46. The third-order valence-electron chi connectivity index (χ3n) is 3.21. The SMILES string of the molecule is COc1ccc(C(=O)N(CC(C)C)C2CC2)cc1Br. The molecule has 0 spiro atoms. The van der Waals surface area contributed by atoms with E-state index in [1.54, 1.807) is 7.11 Å². The van der Waals surface area contributed by atoms with Gasteiger partial charge in [0.1, 0.15) is 5.75 Å². The highest BCUT2D eigenvalue weighted by Gasteiger charge is 2.33. The van der Waals surface area contributed by atoms with Gasteiger partial charge in [0.05, 0.1) is 11.6 Å². The van der Waals surface area contributed by atoms with Crippen LogP contribution in [-0.2, 0) is 0 Å². The lowest BCUT2D eigenvalue weighted by Gasteiger charge is -2.24. The molecule has 1 amide bonds. The van der Waals surface area contributed by atoms with E-state index in [4.69, 9.17) is 4.74 Å². The minimum Gasteiger partial charge on any atom is -0.496 e. The summed E-state index contributed by atoms with van der Waals surface area (Å²) in [5, 5.41) is 0. The molecule has 19 heavy (non-hydrogen) atoms. The van der Waals surface area contributed by atoms with Gasteiger partial charge >= 0.3 is 0 Å². The molecule has 3 nitrogen and oxygen atoms in total. The van der Waals surface area contributed by atoms with E-state index in [1.807, 2.05) is 23.1 Å². The average molecular weight is 326 g/mol. The van der Waals surface area contributed by atoms with Gasteiger partial charge in [-0.25, -0.2) is 0 Å². The number of rotatable bonds is 5. The van der Waals surface area contributed by atoms with E-state index in [0.29, 0.717) is 12.0 Å². The molecule has 1 saturated carbocycles. The summed E-state index contributed by atoms with van der Waals surface area (Å²) in [6.07, 6.45) is 2.27. The van der Waals surface area contributed by atoms with Crippen LogP contribution in [0.25, 0.3) is 0 Å². The molecular weight excluding hydrogens is 306 g/mol. The second-order valence-electron chi connectivity index (χ2n) is 5.43. The van der Waals surface area contributed by atoms with E-state index in [2.05, 4.69) is 29.8 Å². The van der Waals surface area contributed by atoms with Crippen molar-refractivity contribution in [3.8, 4) is 5.75 Å². The number of ether oxygens (including phenoxy) is 1. The number of carbonyl (C=O) groups excluding carboxylic acids is 1. The molecule has 0 bridgehead atoms. The van der Waals surface area contributed by atoms with Gasteiger partial charge in [-0.2, -0.15) is 0 Å². The fourth-order valence-corrected chi connectivity index (χ4v) is 2.68. The monoisotopic (exact) mass is 325 g/mol. The fourth-order valence-electron chi connectivity index (χ4n) is 2.14. The van der Waals surface area contributed by atoms with Gasteiger partial charge in [0.25, 0.3) is 5.91 Å². The molecular formula is C15H20BrNO2. The van der Waals surface area contributed by atoms with Crippen molar-refractivity contribution in [1.82, 2.24) is 4.90 Å². The number of halogens is 1. The number of hydrogen-bond acceptors (Lipinski definition) is 2. The lowest BCUT2D eigenvalue weighted by atomic mass is 10.1. The van der Waals surface area contributed by atoms with Crippen LogP contribution in [0.2, 0.25) is 0 Å². The summed E-state index contributed by atoms with van der Waals surface area (Å²) in [4.78, 5) is 14.6. The minimum absolute atomic E-state index is 0.125. The molecule has 0 aliphatic heterocycles. The second-order valence-corrected chi connectivity index (χ2v) is 6.29. The summed E-state index contributed by atoms with van der Waals surface area (Å²) in [5.41, 5.74) is 0.722. The zero-order chi connectivity index (χ0) is 14.0. The van der Waals surface area contributed by atoms with Crippen molar-refractivity contribution >= 4 is 21.8 Å². The minimum atomic E-state index is 0.125. The molecule has 1 aliphatic rings. The Labute approximate surface area is 123 Å². The molecule has 0 unspecified atom stereocenters. The van der Waals surface area contributed by atoms with Crippen LogP contribution in [0.4, 0.5) is 0 Å². The average Bonchev–Trinajstić information content (AvgIpc) is 3.19. The predicted molar refractivity (Wildman–Crippen MR) is 79.6 cm³/mol. The highest BCUT2D eigenvalue weighted by atomic mass is 79.9. The molecule has 2 rings (SSSR count). The molecule has 0 saturated heterocycles. The molecule has 1 fully saturated rings. The van der Waals surface area contributed by atoms with Gasteiger partial charge in [-0.15, -0.1) is 0 Å². The van der Waals surface area contributed by atoms with E-state index in [9.17, 15) is 4.79 Å². The maximum absolute atomic E-state index is 12.6. The summed E-state index contributed by atoms with van der Waals surface area (Å²) >= 11 is 3.43. The molecule has 0 heterocycles. The fraction of sp³-hybridized carbons (Fsp3) is 0.533. The summed E-state index contributed by atoms with van der Waals surface area (Å²) in [5.74, 6) is 1.36. The van der Waals surface area contributed by atoms with E-state index < -0.39 is 0 Å². The molecule has 1 aromatic carbocycles. The lowest BCUT2D eigenvalue weighted by Crippen LogP contribution is -2.36. The van der Waals surface area contributed by atoms with Crippen molar-refractivity contribution in [2.45, 2.75) is 32.7 Å². The molecule has 0 atom stereocenters. The van der Waals surface area contributed by atoms with Gasteiger partial charge in [-0.05, 0) is 52.9 Å². The highest BCUT2D eigenvalue weighted by molar-refractivity contribution is 9.10. The van der Waals surface area contributed by atoms with Crippen LogP contribution >= 0.6 is 15.9 Å². The van der Waals surface area contributed by atoms with E-state index in [1.165, 1.54) is 0 Å². The molecule has 0 radical (unpaired) electrons. The van der Waals surface area contributed by atoms with Crippen LogP contribution in [0.15, 0.2) is 22.7 Å². The normalized spacial score (nSPS) is 14.6. The Kier molecular flexibility index (Phi) is 4.50. The smallest absolute Gasteiger partial charge is 0.254 e. The summed E-state index contributed by atoms with van der Waals surface area (Å²) in [6, 6.07) is 5.95. The van der Waals surface area contributed by atoms with E-state index in [0.717, 1.165) is 35.2 Å². The Balaban J connectivity index is 2.19. The summed E-state index contributed by atoms with van der Waals surface area (Å²) < 4.78 is 6.01. The van der Waals surface area contributed by atoms with Crippen molar-refractivity contribution in [3.63, 3.8) is 0 Å². The van der Waals surface area contributed by atoms with Gasteiger partial charge in [0, 0.05) is 18.2 Å². The molecule has 1 aromatic rings. The number of benzene rings is 1. The maximum Gasteiger partial charge on any atom is 0.254 e. The van der Waals surface area contributed by atoms with Gasteiger partial charge in [-0.3, -0.25) is 4.79 Å². The largest absolute Gasteiger partial charge is 0.496 e. The Hall–Kier alpha value is -1.03. The van der Waals surface area contributed by atoms with Crippen LogP contribution in [0.5, 0.6) is 5.75 Å². The third kappa shape index (κ3) is 3.50. The predicted octanol–water partition coefficient (Wildman–Crippen LogP) is 3.72. The van der Waals surface area contributed by atoms with Crippen LogP contribution in [0.1, 0.15) is 37.0 Å². The van der Waals surface area contributed by atoms with Gasteiger partial charge < -0.3 is 9.64 Å². The van der Waals surface area contributed by atoms with E-state index >= 15 is 0 Å². The Bertz CT molecular complexity index is 469. The molecule has 1 aliphatic carbocycles. The van der Waals surface area contributed by atoms with E-state index in [-0.39, 0.29) is 5.91 Å². The topological polar surface area (TPSA) is 29.5 Å². The Morgan fingerprint density at radius 1 is 1.47 bits per heavy atom. The van der Waals surface area contributed by atoms with Crippen LogP contribution in [0.3, 0.4) is 0 Å². The van der Waals surface area contributed by atoms with Crippen molar-refractivity contribution in [2.24, 2.45) is 5.92 Å². The quantitative estimate of drug-likeness (QED) is 0.825. The molecule has 104 valence electrons. The van der Waals surface area contributed by atoms with Gasteiger partial charge in [0.15, 0.2) is 0 Å². The number of methoxy groups -OCH3 is 1. The van der Waals surface area contributed by atoms with Crippen molar-refractivity contribution in [3.05, 3.63) is 28.2 Å². The first-order chi connectivity index (χ1) is 9.02. The van der Waals surface area contributed by atoms with Crippen LogP contribution < -0.4 is 4.74 Å². The van der Waals surface area contributed by atoms with Gasteiger partial charge in [-0.1, -0.05) is 13.8 Å². The first kappa shape index (κ1) is 14.4. The van der Waals surface area contributed by atoms with Crippen molar-refractivity contribution in [2.75, 3.05) is 13.7 Å². The summed E-state index contributed by atoms with van der Waals surface area (Å²) in [7, 11) is 1.62. The van der Waals surface area contributed by atoms with Gasteiger partial charge in [0.2, 0.25) is 0 Å². The van der Waals surface area contributed by atoms with Crippen molar-refractivity contribution < 1.29 is 9.53 Å². The Morgan fingerprint density at radius 3 is 2.63 bits per heavy atom. The molecule has 0 aromatic heterocycles. The standard InChI is InChI=1S/C15H20BrNO2/c1-10(2)9-17(12-5-6-12)15(18)11-4-7-14(19-3)13(16)8-11/h4,7-8,10,12H,5-6,9H2,1-3H3. The molecule has 4 heteroatoms. The molecule has 0 N–H and O–H groups in total. The summed E-state index contributed by atoms with van der Waals surface area (Å²) in [6.45, 7) is 5.12. The number of hydrogen-bond donors (Lipinski definition) is 0. The highest BCUT2D eigenvalue weighted by Crippen LogP contribution is 2.31. The maximum atomic E-state index is 12.6. The Morgan fingerprint density at radius 2 is 2.16 bits per heavy atom. The number of amides is 1. The number of nitrogens with zero attached hydrogens (tertiary/aromatic N) is 1. The zero-order valence-corrected chi connectivity index (χ0v) is 13.2. The lowest BCUT2D eigenvalue weighted by molar-refractivity contribution is 0.0722. The van der Waals surface area contributed by atoms with Crippen molar-refractivity contribution in [1.29, 1.82) is 0 Å². The van der Waals surface area contributed by atoms with Crippen LogP contribution in [-0.4, -0.2) is 30.5 Å². The third-order valence-corrected chi connectivity index (χ3v) is 3.83.